The fraction of sp³-hybridized carbons (Fsp3) is 0.615. The van der Waals surface area contributed by atoms with Crippen molar-refractivity contribution in [3.8, 4) is 0 Å². The number of hydrogen-bond acceptors (Lipinski definition) is 4. The molecule has 0 aromatic carbocycles. The van der Waals surface area contributed by atoms with E-state index in [0.717, 1.165) is 11.6 Å². The van der Waals surface area contributed by atoms with Gasteiger partial charge in [0.15, 0.2) is 0 Å². The molecule has 4 nitrogen and oxygen atoms in total. The monoisotopic (exact) mass is 290 g/mol. The molecule has 1 atom stereocenters. The van der Waals surface area contributed by atoms with E-state index in [1.165, 1.54) is 12.3 Å². The number of halogens is 3. The maximum absolute atomic E-state index is 12.4. The van der Waals surface area contributed by atoms with Crippen LogP contribution in [-0.4, -0.2) is 47.9 Å². The molecule has 1 aromatic heterocycles. The van der Waals surface area contributed by atoms with Crippen LogP contribution in [0.15, 0.2) is 18.3 Å². The number of hydrogen-bond donors (Lipinski definition) is 1. The molecule has 112 valence electrons. The van der Waals surface area contributed by atoms with E-state index in [1.54, 1.807) is 0 Å². The zero-order chi connectivity index (χ0) is 14.6. The molecule has 0 bridgehead atoms. The van der Waals surface area contributed by atoms with Crippen LogP contribution in [0.25, 0.3) is 0 Å². The van der Waals surface area contributed by atoms with Crippen LogP contribution in [0.5, 0.6) is 0 Å². The third-order valence-electron chi connectivity index (χ3n) is 3.20. The topological polar surface area (TPSA) is 45.6 Å². The van der Waals surface area contributed by atoms with Gasteiger partial charge in [0.1, 0.15) is 5.69 Å². The van der Waals surface area contributed by atoms with Crippen molar-refractivity contribution >= 4 is 0 Å². The van der Waals surface area contributed by atoms with Crippen LogP contribution < -0.4 is 0 Å². The van der Waals surface area contributed by atoms with Gasteiger partial charge in [-0.3, -0.25) is 9.88 Å². The lowest BCUT2D eigenvalue weighted by Crippen LogP contribution is -2.31. The van der Waals surface area contributed by atoms with Crippen molar-refractivity contribution in [2.24, 2.45) is 5.92 Å². The van der Waals surface area contributed by atoms with Crippen LogP contribution in [0.3, 0.4) is 0 Å². The zero-order valence-electron chi connectivity index (χ0n) is 10.9. The van der Waals surface area contributed by atoms with Crippen molar-refractivity contribution in [3.05, 3.63) is 29.6 Å². The van der Waals surface area contributed by atoms with Crippen molar-refractivity contribution in [1.82, 2.24) is 9.88 Å². The van der Waals surface area contributed by atoms with E-state index >= 15 is 0 Å². The van der Waals surface area contributed by atoms with Crippen LogP contribution >= 0.6 is 0 Å². The summed E-state index contributed by atoms with van der Waals surface area (Å²) in [6.45, 7) is 2.98. The highest BCUT2D eigenvalue weighted by Gasteiger charge is 2.32. The highest BCUT2D eigenvalue weighted by atomic mass is 19.4. The Balaban J connectivity index is 1.98. The van der Waals surface area contributed by atoms with Crippen molar-refractivity contribution in [2.45, 2.75) is 12.7 Å². The van der Waals surface area contributed by atoms with Crippen LogP contribution in [0.4, 0.5) is 13.2 Å². The lowest BCUT2D eigenvalue weighted by atomic mass is 10.1. The molecule has 1 fully saturated rings. The van der Waals surface area contributed by atoms with Gasteiger partial charge in [-0.05, 0) is 11.6 Å². The van der Waals surface area contributed by atoms with Gasteiger partial charge in [0.25, 0.3) is 0 Å². The van der Waals surface area contributed by atoms with E-state index in [9.17, 15) is 18.3 Å². The number of pyridine rings is 1. The van der Waals surface area contributed by atoms with Gasteiger partial charge < -0.3 is 9.84 Å². The van der Waals surface area contributed by atoms with E-state index in [1.807, 2.05) is 0 Å². The molecule has 0 radical (unpaired) electrons. The second kappa shape index (κ2) is 6.51. The largest absolute Gasteiger partial charge is 0.433 e. The molecule has 0 amide bonds. The summed E-state index contributed by atoms with van der Waals surface area (Å²) in [5.41, 5.74) is -0.162. The van der Waals surface area contributed by atoms with Gasteiger partial charge in [0.2, 0.25) is 0 Å². The lowest BCUT2D eigenvalue weighted by molar-refractivity contribution is -0.141. The summed E-state index contributed by atoms with van der Waals surface area (Å²) in [7, 11) is 0. The number of aliphatic hydroxyl groups is 1. The minimum atomic E-state index is -4.41. The Morgan fingerprint density at radius 1 is 1.40 bits per heavy atom. The summed E-state index contributed by atoms with van der Waals surface area (Å²) in [5, 5.41) is 9.18. The van der Waals surface area contributed by atoms with Gasteiger partial charge in [-0.15, -0.1) is 0 Å². The van der Waals surface area contributed by atoms with E-state index < -0.39 is 11.9 Å². The highest BCUT2D eigenvalue weighted by molar-refractivity contribution is 5.16. The Morgan fingerprint density at radius 2 is 2.20 bits per heavy atom. The Hall–Kier alpha value is -1.18. The summed E-state index contributed by atoms with van der Waals surface area (Å²) in [5.74, 6) is 0.0416. The first-order chi connectivity index (χ1) is 9.49. The smallest absolute Gasteiger partial charge is 0.396 e. The maximum atomic E-state index is 12.4. The second-order valence-corrected chi connectivity index (χ2v) is 4.91. The summed E-state index contributed by atoms with van der Waals surface area (Å²) in [6, 6.07) is 2.43. The van der Waals surface area contributed by atoms with Crippen molar-refractivity contribution in [2.75, 3.05) is 32.9 Å². The minimum absolute atomic E-state index is 0.0416. The standard InChI is InChI=1S/C13H17F3N2O2/c14-13(15,16)12-2-1-10(5-17-12)6-18-3-4-20-9-11(7-18)8-19/h1-2,5,11,19H,3-4,6-9H2/t11-/m1/s1. The quantitative estimate of drug-likeness (QED) is 0.917. The SMILES string of the molecule is OC[C@@H]1COCCN(Cc2ccc(C(F)(F)F)nc2)C1. The Bertz CT molecular complexity index is 423. The Morgan fingerprint density at radius 3 is 2.80 bits per heavy atom. The molecule has 2 rings (SSSR count). The molecular formula is C13H17F3N2O2. The fourth-order valence-corrected chi connectivity index (χ4v) is 2.15. The number of aromatic nitrogens is 1. The molecule has 1 aromatic rings. The molecule has 0 aliphatic carbocycles. The molecule has 7 heteroatoms. The molecule has 0 saturated carbocycles. The molecule has 1 aliphatic rings. The molecule has 20 heavy (non-hydrogen) atoms. The van der Waals surface area contributed by atoms with Gasteiger partial charge in [-0.2, -0.15) is 13.2 Å². The van der Waals surface area contributed by atoms with Crippen molar-refractivity contribution < 1.29 is 23.0 Å². The molecule has 0 unspecified atom stereocenters. The molecule has 2 heterocycles. The maximum Gasteiger partial charge on any atom is 0.433 e. The van der Waals surface area contributed by atoms with E-state index in [0.29, 0.717) is 32.8 Å². The first-order valence-electron chi connectivity index (χ1n) is 6.42. The van der Waals surface area contributed by atoms with Crippen molar-refractivity contribution in [3.63, 3.8) is 0 Å². The number of aliphatic hydroxyl groups excluding tert-OH is 1. The predicted molar refractivity (Wildman–Crippen MR) is 65.9 cm³/mol. The molecule has 1 aliphatic heterocycles. The van der Waals surface area contributed by atoms with Crippen molar-refractivity contribution in [1.29, 1.82) is 0 Å². The van der Waals surface area contributed by atoms with E-state index in [-0.39, 0.29) is 12.5 Å². The summed E-state index contributed by atoms with van der Waals surface area (Å²) < 4.78 is 42.6. The van der Waals surface area contributed by atoms with Gasteiger partial charge >= 0.3 is 6.18 Å². The average molecular weight is 290 g/mol. The Labute approximate surface area is 115 Å². The van der Waals surface area contributed by atoms with Crippen LogP contribution in [-0.2, 0) is 17.5 Å². The molecule has 0 spiro atoms. The normalized spacial score (nSPS) is 21.7. The average Bonchev–Trinajstić information content (AvgIpc) is 2.63. The summed E-state index contributed by atoms with van der Waals surface area (Å²) in [4.78, 5) is 5.50. The van der Waals surface area contributed by atoms with Gasteiger partial charge in [-0.25, -0.2) is 0 Å². The first-order valence-corrected chi connectivity index (χ1v) is 6.42. The number of rotatable bonds is 3. The van der Waals surface area contributed by atoms with Gasteiger partial charge in [0, 0.05) is 38.4 Å². The second-order valence-electron chi connectivity index (χ2n) is 4.91. The van der Waals surface area contributed by atoms with Gasteiger partial charge in [-0.1, -0.05) is 6.07 Å². The van der Waals surface area contributed by atoms with Crippen LogP contribution in [0, 0.1) is 5.92 Å². The molecule has 1 N–H and O–H groups in total. The lowest BCUT2D eigenvalue weighted by Gasteiger charge is -2.22. The zero-order valence-corrected chi connectivity index (χ0v) is 10.9. The molecule has 1 saturated heterocycles. The Kier molecular flexibility index (Phi) is 4.95. The van der Waals surface area contributed by atoms with Crippen LogP contribution in [0.2, 0.25) is 0 Å². The third kappa shape index (κ3) is 4.16. The van der Waals surface area contributed by atoms with E-state index in [2.05, 4.69) is 9.88 Å². The number of alkyl halides is 3. The van der Waals surface area contributed by atoms with E-state index in [4.69, 9.17) is 4.74 Å². The molecular weight excluding hydrogens is 273 g/mol. The minimum Gasteiger partial charge on any atom is -0.396 e. The third-order valence-corrected chi connectivity index (χ3v) is 3.20. The number of nitrogens with zero attached hydrogens (tertiary/aromatic N) is 2. The summed E-state index contributed by atoms with van der Waals surface area (Å²) >= 11 is 0. The first kappa shape index (κ1) is 15.2. The van der Waals surface area contributed by atoms with Crippen LogP contribution in [0.1, 0.15) is 11.3 Å². The van der Waals surface area contributed by atoms with Gasteiger partial charge in [0.05, 0.1) is 13.2 Å². The highest BCUT2D eigenvalue weighted by Crippen LogP contribution is 2.27. The fourth-order valence-electron chi connectivity index (χ4n) is 2.15. The summed E-state index contributed by atoms with van der Waals surface area (Å²) in [6.07, 6.45) is -3.15. The predicted octanol–water partition coefficient (Wildman–Crippen LogP) is 1.54. The number of ether oxygens (including phenoxy) is 1.